The lowest BCUT2D eigenvalue weighted by Crippen LogP contribution is -2.44. The molecule has 0 radical (unpaired) electrons. The fourth-order valence-electron chi connectivity index (χ4n) is 2.90. The summed E-state index contributed by atoms with van der Waals surface area (Å²) in [6.07, 6.45) is 4.64. The molecule has 9 heteroatoms. The fraction of sp³-hybridized carbons (Fsp3) is 0.714. The molecule has 1 aromatic rings. The molecule has 2 unspecified atom stereocenters. The number of aliphatic carboxylic acids is 1. The smallest absolute Gasteiger partial charge is 0.308 e. The molecule has 1 aromatic heterocycles. The Bertz CT molecular complexity index is 686. The van der Waals surface area contributed by atoms with Crippen LogP contribution in [0.1, 0.15) is 44.3 Å². The van der Waals surface area contributed by atoms with Crippen molar-refractivity contribution in [3.8, 4) is 0 Å². The maximum Gasteiger partial charge on any atom is 0.308 e. The van der Waals surface area contributed by atoms with Gasteiger partial charge in [-0.3, -0.25) is 4.79 Å². The molecule has 0 bridgehead atoms. The van der Waals surface area contributed by atoms with Crippen LogP contribution in [0.2, 0.25) is 0 Å². The number of nitrogens with zero attached hydrogens (tertiary/aromatic N) is 2. The number of halogens is 1. The van der Waals surface area contributed by atoms with Gasteiger partial charge < -0.3 is 9.67 Å². The predicted molar refractivity (Wildman–Crippen MR) is 88.6 cm³/mol. The molecule has 1 aliphatic rings. The maximum absolute atomic E-state index is 12.6. The Labute approximate surface area is 144 Å². The number of sulfonamides is 1. The van der Waals surface area contributed by atoms with Crippen molar-refractivity contribution >= 4 is 31.9 Å². The molecular weight excluding hydrogens is 386 g/mol. The largest absolute Gasteiger partial charge is 0.481 e. The first-order valence-corrected chi connectivity index (χ1v) is 9.95. The lowest BCUT2D eigenvalue weighted by molar-refractivity contribution is -0.143. The summed E-state index contributed by atoms with van der Waals surface area (Å²) in [6, 6.07) is -0.605. The first kappa shape index (κ1) is 18.4. The van der Waals surface area contributed by atoms with Crippen LogP contribution in [-0.2, 0) is 21.9 Å². The second-order valence-electron chi connectivity index (χ2n) is 5.98. The van der Waals surface area contributed by atoms with E-state index in [9.17, 15) is 18.3 Å². The van der Waals surface area contributed by atoms with Gasteiger partial charge in [-0.25, -0.2) is 18.1 Å². The summed E-state index contributed by atoms with van der Waals surface area (Å²) >= 11 is 3.24. The van der Waals surface area contributed by atoms with Gasteiger partial charge in [0.2, 0.25) is 5.03 Å². The van der Waals surface area contributed by atoms with Gasteiger partial charge in [-0.1, -0.05) is 25.7 Å². The van der Waals surface area contributed by atoms with Crippen LogP contribution in [0, 0.1) is 12.8 Å². The average Bonchev–Trinajstić information content (AvgIpc) is 2.70. The van der Waals surface area contributed by atoms with Gasteiger partial charge in [0.25, 0.3) is 10.0 Å². The number of hydrogen-bond acceptors (Lipinski definition) is 4. The number of hydrogen-bond donors (Lipinski definition) is 2. The van der Waals surface area contributed by atoms with Gasteiger partial charge in [0.15, 0.2) is 0 Å². The van der Waals surface area contributed by atoms with Crippen LogP contribution in [0.3, 0.4) is 0 Å². The Morgan fingerprint density at radius 3 is 2.43 bits per heavy atom. The lowest BCUT2D eigenvalue weighted by Gasteiger charge is -2.26. The zero-order valence-corrected chi connectivity index (χ0v) is 15.7. The summed E-state index contributed by atoms with van der Waals surface area (Å²) < 4.78 is 29.9. The number of carboxylic acid groups (broad SMARTS) is 1. The highest BCUT2D eigenvalue weighted by Crippen LogP contribution is 2.27. The van der Waals surface area contributed by atoms with Gasteiger partial charge in [-0.15, -0.1) is 0 Å². The number of rotatable bonds is 4. The normalized spacial score (nSPS) is 23.3. The van der Waals surface area contributed by atoms with Gasteiger partial charge >= 0.3 is 5.97 Å². The number of nitrogens with one attached hydrogen (secondary N) is 1. The SMILES string of the molecule is Cc1nc(S(=O)(=O)NC2CCCCCCC2C(=O)O)c(Br)n1C. The number of aromatic nitrogens is 2. The van der Waals surface area contributed by atoms with Crippen LogP contribution in [0.5, 0.6) is 0 Å². The van der Waals surface area contributed by atoms with Crippen molar-refractivity contribution in [2.24, 2.45) is 13.0 Å². The minimum absolute atomic E-state index is 0.0938. The van der Waals surface area contributed by atoms with Crippen molar-refractivity contribution in [3.05, 3.63) is 10.4 Å². The zero-order valence-electron chi connectivity index (χ0n) is 13.2. The van der Waals surface area contributed by atoms with Crippen molar-refractivity contribution in [1.82, 2.24) is 14.3 Å². The predicted octanol–water partition coefficient (Wildman–Crippen LogP) is 2.19. The molecule has 2 rings (SSSR count). The van der Waals surface area contributed by atoms with E-state index < -0.39 is 28.0 Å². The van der Waals surface area contributed by atoms with E-state index >= 15 is 0 Å². The molecule has 0 saturated heterocycles. The van der Waals surface area contributed by atoms with Crippen LogP contribution >= 0.6 is 15.9 Å². The third kappa shape index (κ3) is 4.13. The number of carbonyl (C=O) groups is 1. The van der Waals surface area contributed by atoms with E-state index in [1.165, 1.54) is 0 Å². The molecule has 1 saturated carbocycles. The Balaban J connectivity index is 2.28. The van der Waals surface area contributed by atoms with E-state index in [-0.39, 0.29) is 5.03 Å². The molecule has 0 spiro atoms. The first-order valence-electron chi connectivity index (χ1n) is 7.68. The van der Waals surface area contributed by atoms with Crippen molar-refractivity contribution in [2.45, 2.75) is 56.5 Å². The molecule has 0 amide bonds. The van der Waals surface area contributed by atoms with Crippen LogP contribution in [-0.4, -0.2) is 35.1 Å². The number of imidazole rings is 1. The summed E-state index contributed by atoms with van der Waals surface area (Å²) in [4.78, 5) is 15.6. The quantitative estimate of drug-likeness (QED) is 0.796. The molecule has 1 aliphatic carbocycles. The molecule has 0 aromatic carbocycles. The lowest BCUT2D eigenvalue weighted by atomic mass is 9.87. The number of aryl methyl sites for hydroxylation is 1. The second kappa shape index (κ2) is 7.31. The third-order valence-electron chi connectivity index (χ3n) is 4.36. The Hall–Kier alpha value is -0.930. The Kier molecular flexibility index (Phi) is 5.85. The van der Waals surface area contributed by atoms with E-state index in [1.807, 2.05) is 0 Å². The summed E-state index contributed by atoms with van der Waals surface area (Å²) in [5.74, 6) is -1.09. The minimum atomic E-state index is -3.88. The Morgan fingerprint density at radius 1 is 1.30 bits per heavy atom. The molecule has 1 heterocycles. The number of carboxylic acids is 1. The molecule has 130 valence electrons. The van der Waals surface area contributed by atoms with Crippen LogP contribution in [0.15, 0.2) is 9.63 Å². The van der Waals surface area contributed by atoms with Gasteiger partial charge in [0.05, 0.1) is 5.92 Å². The average molecular weight is 408 g/mol. The van der Waals surface area contributed by atoms with E-state index in [4.69, 9.17) is 0 Å². The molecule has 1 fully saturated rings. The van der Waals surface area contributed by atoms with E-state index in [0.29, 0.717) is 23.3 Å². The fourth-order valence-corrected chi connectivity index (χ4v) is 5.29. The van der Waals surface area contributed by atoms with Crippen molar-refractivity contribution in [3.63, 3.8) is 0 Å². The molecular formula is C14H22BrN3O4S. The molecule has 23 heavy (non-hydrogen) atoms. The molecule has 2 atom stereocenters. The summed E-state index contributed by atoms with van der Waals surface area (Å²) in [7, 11) is -2.17. The van der Waals surface area contributed by atoms with Gasteiger partial charge in [0.1, 0.15) is 10.4 Å². The summed E-state index contributed by atoms with van der Waals surface area (Å²) in [5.41, 5.74) is 0. The van der Waals surface area contributed by atoms with E-state index in [0.717, 1.165) is 25.7 Å². The van der Waals surface area contributed by atoms with Crippen molar-refractivity contribution in [2.75, 3.05) is 0 Å². The van der Waals surface area contributed by atoms with E-state index in [2.05, 4.69) is 25.6 Å². The van der Waals surface area contributed by atoms with Gasteiger partial charge in [-0.05, 0) is 35.7 Å². The molecule has 0 aliphatic heterocycles. The second-order valence-corrected chi connectivity index (χ2v) is 8.36. The van der Waals surface area contributed by atoms with E-state index in [1.54, 1.807) is 18.5 Å². The highest BCUT2D eigenvalue weighted by molar-refractivity contribution is 9.10. The van der Waals surface area contributed by atoms with Crippen molar-refractivity contribution < 1.29 is 18.3 Å². The standard InChI is InChI=1S/C14H22BrN3O4S/c1-9-16-13(12(15)18(9)2)23(21,22)17-11-8-6-4-3-5-7-10(11)14(19)20/h10-11,17H,3-8H2,1-2H3,(H,19,20). The monoisotopic (exact) mass is 407 g/mol. The highest BCUT2D eigenvalue weighted by atomic mass is 79.9. The Morgan fingerprint density at radius 2 is 1.91 bits per heavy atom. The summed E-state index contributed by atoms with van der Waals surface area (Å²) in [5, 5.41) is 9.34. The maximum atomic E-state index is 12.6. The first-order chi connectivity index (χ1) is 10.7. The van der Waals surface area contributed by atoms with Crippen LogP contribution in [0.4, 0.5) is 0 Å². The minimum Gasteiger partial charge on any atom is -0.481 e. The van der Waals surface area contributed by atoms with Crippen molar-refractivity contribution in [1.29, 1.82) is 0 Å². The van der Waals surface area contributed by atoms with Crippen LogP contribution in [0.25, 0.3) is 0 Å². The van der Waals surface area contributed by atoms with Crippen LogP contribution < -0.4 is 4.72 Å². The van der Waals surface area contributed by atoms with Gasteiger partial charge in [0, 0.05) is 13.1 Å². The molecule has 2 N–H and O–H groups in total. The summed E-state index contributed by atoms with van der Waals surface area (Å²) in [6.45, 7) is 1.71. The topological polar surface area (TPSA) is 101 Å². The van der Waals surface area contributed by atoms with Gasteiger partial charge in [-0.2, -0.15) is 0 Å². The third-order valence-corrected chi connectivity index (χ3v) is 6.94. The highest BCUT2D eigenvalue weighted by Gasteiger charge is 2.34. The zero-order chi connectivity index (χ0) is 17.2. The molecule has 7 nitrogen and oxygen atoms in total.